The van der Waals surface area contributed by atoms with Gasteiger partial charge in [0.2, 0.25) is 0 Å². The molecular weight excluding hydrogens is 224 g/mol. The molecule has 1 aromatic carbocycles. The van der Waals surface area contributed by atoms with Gasteiger partial charge in [-0.15, -0.1) is 0 Å². The van der Waals surface area contributed by atoms with Crippen molar-refractivity contribution in [2.45, 2.75) is 13.0 Å². The first-order valence-corrected chi connectivity index (χ1v) is 5.35. The van der Waals surface area contributed by atoms with Gasteiger partial charge in [0.15, 0.2) is 0 Å². The number of hydrogen-bond acceptors (Lipinski definition) is 3. The van der Waals surface area contributed by atoms with E-state index >= 15 is 0 Å². The summed E-state index contributed by atoms with van der Waals surface area (Å²) >= 11 is 5.85. The highest BCUT2D eigenvalue weighted by molar-refractivity contribution is 6.30. The molecule has 1 heterocycles. The molecule has 0 saturated carbocycles. The van der Waals surface area contributed by atoms with Gasteiger partial charge in [0.25, 0.3) is 0 Å². The van der Waals surface area contributed by atoms with Crippen molar-refractivity contribution >= 4 is 11.6 Å². The SMILES string of the molecule is Cc1occc1C(NN)c1ccc(Cl)cc1. The molecule has 1 aromatic heterocycles. The van der Waals surface area contributed by atoms with Gasteiger partial charge in [0.1, 0.15) is 5.76 Å². The Bertz CT molecular complexity index is 464. The fraction of sp³-hybridized carbons (Fsp3) is 0.167. The van der Waals surface area contributed by atoms with Crippen LogP contribution in [-0.2, 0) is 0 Å². The number of hydrogen-bond donors (Lipinski definition) is 2. The third-order valence-electron chi connectivity index (χ3n) is 2.58. The highest BCUT2D eigenvalue weighted by Gasteiger charge is 2.16. The van der Waals surface area contributed by atoms with Crippen LogP contribution in [0.15, 0.2) is 41.0 Å². The summed E-state index contributed by atoms with van der Waals surface area (Å²) in [7, 11) is 0. The highest BCUT2D eigenvalue weighted by Crippen LogP contribution is 2.25. The molecule has 0 fully saturated rings. The molecule has 0 bridgehead atoms. The fourth-order valence-electron chi connectivity index (χ4n) is 1.72. The van der Waals surface area contributed by atoms with Crippen molar-refractivity contribution in [2.24, 2.45) is 5.84 Å². The third-order valence-corrected chi connectivity index (χ3v) is 2.83. The van der Waals surface area contributed by atoms with Crippen LogP contribution in [0.5, 0.6) is 0 Å². The molecule has 0 amide bonds. The average Bonchev–Trinajstić information content (AvgIpc) is 2.69. The van der Waals surface area contributed by atoms with Crippen molar-refractivity contribution in [1.82, 2.24) is 5.43 Å². The number of nitrogens with two attached hydrogens (primary N) is 1. The Hall–Kier alpha value is -1.29. The van der Waals surface area contributed by atoms with Crippen LogP contribution in [0, 0.1) is 6.92 Å². The molecule has 0 aliphatic carbocycles. The number of furan rings is 1. The van der Waals surface area contributed by atoms with Crippen LogP contribution in [0.2, 0.25) is 5.02 Å². The van der Waals surface area contributed by atoms with Gasteiger partial charge in [-0.3, -0.25) is 5.84 Å². The smallest absolute Gasteiger partial charge is 0.105 e. The van der Waals surface area contributed by atoms with Gasteiger partial charge >= 0.3 is 0 Å². The van der Waals surface area contributed by atoms with Crippen molar-refractivity contribution < 1.29 is 4.42 Å². The molecule has 0 aliphatic heterocycles. The summed E-state index contributed by atoms with van der Waals surface area (Å²) in [5.41, 5.74) is 4.86. The van der Waals surface area contributed by atoms with Crippen LogP contribution < -0.4 is 11.3 Å². The molecule has 2 aromatic rings. The summed E-state index contributed by atoms with van der Waals surface area (Å²) < 4.78 is 5.27. The Balaban J connectivity index is 2.37. The van der Waals surface area contributed by atoms with E-state index in [4.69, 9.17) is 21.9 Å². The van der Waals surface area contributed by atoms with Crippen LogP contribution in [0.4, 0.5) is 0 Å². The lowest BCUT2D eigenvalue weighted by Gasteiger charge is -2.15. The molecule has 3 nitrogen and oxygen atoms in total. The second kappa shape index (κ2) is 4.70. The maximum absolute atomic E-state index is 5.85. The van der Waals surface area contributed by atoms with Crippen LogP contribution >= 0.6 is 11.6 Å². The van der Waals surface area contributed by atoms with E-state index in [0.717, 1.165) is 16.9 Å². The Labute approximate surface area is 99.2 Å². The number of hydrazine groups is 1. The van der Waals surface area contributed by atoms with E-state index in [-0.39, 0.29) is 6.04 Å². The minimum atomic E-state index is -0.0731. The summed E-state index contributed by atoms with van der Waals surface area (Å²) in [6.07, 6.45) is 1.66. The zero-order valence-corrected chi connectivity index (χ0v) is 9.66. The second-order valence-corrected chi connectivity index (χ2v) is 4.02. The quantitative estimate of drug-likeness (QED) is 0.637. The van der Waals surface area contributed by atoms with E-state index in [1.807, 2.05) is 37.3 Å². The lowest BCUT2D eigenvalue weighted by atomic mass is 10.0. The van der Waals surface area contributed by atoms with Crippen molar-refractivity contribution in [2.75, 3.05) is 0 Å². The van der Waals surface area contributed by atoms with E-state index < -0.39 is 0 Å². The van der Waals surface area contributed by atoms with Crippen LogP contribution in [0.3, 0.4) is 0 Å². The summed E-state index contributed by atoms with van der Waals surface area (Å²) in [6, 6.07) is 9.41. The molecule has 1 atom stereocenters. The Morgan fingerprint density at radius 3 is 2.44 bits per heavy atom. The normalized spacial score (nSPS) is 12.7. The fourth-order valence-corrected chi connectivity index (χ4v) is 1.84. The van der Waals surface area contributed by atoms with Gasteiger partial charge in [-0.1, -0.05) is 23.7 Å². The third kappa shape index (κ3) is 2.11. The Kier molecular flexibility index (Phi) is 3.29. The highest BCUT2D eigenvalue weighted by atomic mass is 35.5. The van der Waals surface area contributed by atoms with Crippen LogP contribution in [-0.4, -0.2) is 0 Å². The maximum Gasteiger partial charge on any atom is 0.105 e. The monoisotopic (exact) mass is 236 g/mol. The van der Waals surface area contributed by atoms with Gasteiger partial charge in [-0.05, 0) is 30.7 Å². The summed E-state index contributed by atoms with van der Waals surface area (Å²) in [5.74, 6) is 6.44. The zero-order valence-electron chi connectivity index (χ0n) is 8.91. The van der Waals surface area contributed by atoms with E-state index in [1.165, 1.54) is 0 Å². The molecule has 0 spiro atoms. The molecular formula is C12H13ClN2O. The molecule has 0 aliphatic rings. The minimum absolute atomic E-state index is 0.0731. The lowest BCUT2D eigenvalue weighted by Crippen LogP contribution is -2.28. The van der Waals surface area contributed by atoms with Crippen molar-refractivity contribution in [1.29, 1.82) is 0 Å². The summed E-state index contributed by atoms with van der Waals surface area (Å²) in [4.78, 5) is 0. The first kappa shape index (κ1) is 11.2. The molecule has 0 saturated heterocycles. The lowest BCUT2D eigenvalue weighted by molar-refractivity contribution is 0.520. The molecule has 1 unspecified atom stereocenters. The van der Waals surface area contributed by atoms with Gasteiger partial charge < -0.3 is 4.42 Å². The van der Waals surface area contributed by atoms with Crippen molar-refractivity contribution in [3.63, 3.8) is 0 Å². The number of benzene rings is 1. The molecule has 0 radical (unpaired) electrons. The van der Waals surface area contributed by atoms with E-state index in [9.17, 15) is 0 Å². The topological polar surface area (TPSA) is 51.2 Å². The van der Waals surface area contributed by atoms with Gasteiger partial charge in [0.05, 0.1) is 12.3 Å². The Morgan fingerprint density at radius 1 is 1.25 bits per heavy atom. The van der Waals surface area contributed by atoms with Crippen molar-refractivity contribution in [3.8, 4) is 0 Å². The number of aryl methyl sites for hydroxylation is 1. The van der Waals surface area contributed by atoms with E-state index in [1.54, 1.807) is 6.26 Å². The van der Waals surface area contributed by atoms with Crippen molar-refractivity contribution in [3.05, 3.63) is 58.5 Å². The van der Waals surface area contributed by atoms with Gasteiger partial charge in [0, 0.05) is 10.6 Å². The zero-order chi connectivity index (χ0) is 11.5. The average molecular weight is 237 g/mol. The minimum Gasteiger partial charge on any atom is -0.469 e. The number of halogens is 1. The van der Waals surface area contributed by atoms with Crippen LogP contribution in [0.1, 0.15) is 22.9 Å². The molecule has 3 N–H and O–H groups in total. The van der Waals surface area contributed by atoms with Gasteiger partial charge in [-0.2, -0.15) is 0 Å². The van der Waals surface area contributed by atoms with E-state index in [2.05, 4.69) is 5.43 Å². The standard InChI is InChI=1S/C12H13ClN2O/c1-8-11(6-7-16-8)12(15-14)9-2-4-10(13)5-3-9/h2-7,12,15H,14H2,1H3. The maximum atomic E-state index is 5.85. The first-order valence-electron chi connectivity index (χ1n) is 4.98. The largest absolute Gasteiger partial charge is 0.469 e. The molecule has 84 valence electrons. The second-order valence-electron chi connectivity index (χ2n) is 3.58. The van der Waals surface area contributed by atoms with E-state index in [0.29, 0.717) is 5.02 Å². The summed E-state index contributed by atoms with van der Waals surface area (Å²) in [5, 5.41) is 0.712. The van der Waals surface area contributed by atoms with Crippen LogP contribution in [0.25, 0.3) is 0 Å². The Morgan fingerprint density at radius 2 is 1.94 bits per heavy atom. The first-order chi connectivity index (χ1) is 7.72. The molecule has 4 heteroatoms. The molecule has 16 heavy (non-hydrogen) atoms. The predicted octanol–water partition coefficient (Wildman–Crippen LogP) is 2.79. The number of rotatable bonds is 3. The summed E-state index contributed by atoms with van der Waals surface area (Å²) in [6.45, 7) is 1.91. The number of nitrogens with one attached hydrogen (secondary N) is 1. The molecule has 2 rings (SSSR count). The predicted molar refractivity (Wildman–Crippen MR) is 64.1 cm³/mol. The van der Waals surface area contributed by atoms with Gasteiger partial charge in [-0.25, -0.2) is 5.43 Å².